The molecule has 0 radical (unpaired) electrons. The summed E-state index contributed by atoms with van der Waals surface area (Å²) in [6.07, 6.45) is 1.13. The zero-order valence-electron chi connectivity index (χ0n) is 9.00. The number of hydrogen-bond acceptors (Lipinski definition) is 5. The predicted octanol–water partition coefficient (Wildman–Crippen LogP) is 1.06. The van der Waals surface area contributed by atoms with Gasteiger partial charge in [-0.1, -0.05) is 0 Å². The SMILES string of the molecule is CS(=O)(=O)c1ccc2c(c1)SC(C(=O)O)CN2. The van der Waals surface area contributed by atoms with Gasteiger partial charge in [-0.15, -0.1) is 11.8 Å². The highest BCUT2D eigenvalue weighted by atomic mass is 32.2. The van der Waals surface area contributed by atoms with Gasteiger partial charge in [0.15, 0.2) is 9.84 Å². The van der Waals surface area contributed by atoms with E-state index in [1.54, 1.807) is 6.07 Å². The number of thioether (sulfide) groups is 1. The summed E-state index contributed by atoms with van der Waals surface area (Å²) in [6.45, 7) is 0.339. The van der Waals surface area contributed by atoms with Crippen LogP contribution in [-0.4, -0.2) is 37.5 Å². The standard InChI is InChI=1S/C10H11NO4S2/c1-17(14,15)6-2-3-7-8(4-6)16-9(5-11-7)10(12)13/h2-4,9,11H,5H2,1H3,(H,12,13). The molecule has 92 valence electrons. The van der Waals surface area contributed by atoms with Crippen LogP contribution in [0.5, 0.6) is 0 Å². The van der Waals surface area contributed by atoms with Crippen LogP contribution in [0.1, 0.15) is 0 Å². The van der Waals surface area contributed by atoms with Gasteiger partial charge in [0.05, 0.1) is 4.90 Å². The van der Waals surface area contributed by atoms with E-state index in [0.29, 0.717) is 11.4 Å². The lowest BCUT2D eigenvalue weighted by Crippen LogP contribution is -2.28. The molecular formula is C10H11NO4S2. The molecule has 2 N–H and O–H groups in total. The molecule has 2 rings (SSSR count). The Balaban J connectivity index is 2.39. The fourth-order valence-corrected chi connectivity index (χ4v) is 3.27. The van der Waals surface area contributed by atoms with Crippen molar-refractivity contribution in [2.75, 3.05) is 18.1 Å². The van der Waals surface area contributed by atoms with E-state index < -0.39 is 21.1 Å². The molecule has 0 saturated heterocycles. The first-order chi connectivity index (χ1) is 7.88. The van der Waals surface area contributed by atoms with Gasteiger partial charge in [0.1, 0.15) is 5.25 Å². The van der Waals surface area contributed by atoms with Gasteiger partial charge in [-0.25, -0.2) is 8.42 Å². The normalized spacial score (nSPS) is 19.2. The van der Waals surface area contributed by atoms with Crippen molar-refractivity contribution in [1.82, 2.24) is 0 Å². The summed E-state index contributed by atoms with van der Waals surface area (Å²) < 4.78 is 22.8. The van der Waals surface area contributed by atoms with Crippen molar-refractivity contribution >= 4 is 33.3 Å². The minimum Gasteiger partial charge on any atom is -0.480 e. The third-order valence-corrected chi connectivity index (χ3v) is 4.76. The van der Waals surface area contributed by atoms with Gasteiger partial charge >= 0.3 is 5.97 Å². The number of sulfone groups is 1. The number of aliphatic carboxylic acids is 1. The highest BCUT2D eigenvalue weighted by Gasteiger charge is 2.25. The zero-order valence-corrected chi connectivity index (χ0v) is 10.6. The number of rotatable bonds is 2. The van der Waals surface area contributed by atoms with Gasteiger partial charge in [0, 0.05) is 23.4 Å². The number of carboxylic acids is 1. The van der Waals surface area contributed by atoms with E-state index in [4.69, 9.17) is 5.11 Å². The molecule has 17 heavy (non-hydrogen) atoms. The molecule has 1 aliphatic rings. The summed E-state index contributed by atoms with van der Waals surface area (Å²) in [4.78, 5) is 11.7. The van der Waals surface area contributed by atoms with Crippen LogP contribution in [0.2, 0.25) is 0 Å². The molecule has 1 aliphatic heterocycles. The van der Waals surface area contributed by atoms with E-state index in [0.717, 1.165) is 11.9 Å². The second kappa shape index (κ2) is 4.23. The van der Waals surface area contributed by atoms with E-state index in [1.807, 2.05) is 0 Å². The molecule has 0 aliphatic carbocycles. The van der Waals surface area contributed by atoms with Gasteiger partial charge in [-0.2, -0.15) is 0 Å². The largest absolute Gasteiger partial charge is 0.480 e. The molecule has 1 unspecified atom stereocenters. The van der Waals surface area contributed by atoms with Crippen LogP contribution in [0, 0.1) is 0 Å². The number of fused-ring (bicyclic) bond motifs is 1. The Labute approximate surface area is 103 Å². The van der Waals surface area contributed by atoms with Crippen molar-refractivity contribution in [2.45, 2.75) is 15.0 Å². The van der Waals surface area contributed by atoms with Gasteiger partial charge < -0.3 is 10.4 Å². The minimum absolute atomic E-state index is 0.205. The van der Waals surface area contributed by atoms with Crippen molar-refractivity contribution in [3.8, 4) is 0 Å². The van der Waals surface area contributed by atoms with E-state index in [1.165, 1.54) is 23.9 Å². The van der Waals surface area contributed by atoms with Crippen LogP contribution in [0.3, 0.4) is 0 Å². The van der Waals surface area contributed by atoms with Crippen molar-refractivity contribution in [2.24, 2.45) is 0 Å². The van der Waals surface area contributed by atoms with Crippen molar-refractivity contribution in [3.05, 3.63) is 18.2 Å². The zero-order chi connectivity index (χ0) is 12.6. The Hall–Kier alpha value is -1.21. The molecule has 0 bridgehead atoms. The van der Waals surface area contributed by atoms with Crippen molar-refractivity contribution < 1.29 is 18.3 Å². The summed E-state index contributed by atoms with van der Waals surface area (Å²) in [5.41, 5.74) is 0.778. The predicted molar refractivity (Wildman–Crippen MR) is 65.3 cm³/mol. The molecule has 0 spiro atoms. The fraction of sp³-hybridized carbons (Fsp3) is 0.300. The second-order valence-electron chi connectivity index (χ2n) is 3.76. The lowest BCUT2D eigenvalue weighted by molar-refractivity contribution is -0.136. The Kier molecular flexibility index (Phi) is 3.05. The maximum atomic E-state index is 11.4. The molecule has 0 aromatic heterocycles. The number of nitrogens with one attached hydrogen (secondary N) is 1. The Morgan fingerprint density at radius 3 is 2.82 bits per heavy atom. The molecule has 7 heteroatoms. The quantitative estimate of drug-likeness (QED) is 0.838. The molecule has 0 fully saturated rings. The lowest BCUT2D eigenvalue weighted by Gasteiger charge is -2.23. The number of benzene rings is 1. The molecule has 0 saturated carbocycles. The topological polar surface area (TPSA) is 83.5 Å². The Morgan fingerprint density at radius 1 is 1.53 bits per heavy atom. The first-order valence-corrected chi connectivity index (χ1v) is 7.62. The third-order valence-electron chi connectivity index (χ3n) is 2.40. The maximum absolute atomic E-state index is 11.4. The minimum atomic E-state index is -3.26. The fourth-order valence-electron chi connectivity index (χ4n) is 1.51. The van der Waals surface area contributed by atoms with Crippen LogP contribution in [0.4, 0.5) is 5.69 Å². The van der Waals surface area contributed by atoms with Crippen LogP contribution < -0.4 is 5.32 Å². The number of anilines is 1. The highest BCUT2D eigenvalue weighted by molar-refractivity contribution is 8.01. The van der Waals surface area contributed by atoms with E-state index in [2.05, 4.69) is 5.32 Å². The molecule has 1 aromatic rings. The van der Waals surface area contributed by atoms with Crippen LogP contribution in [0.25, 0.3) is 0 Å². The van der Waals surface area contributed by atoms with Crippen molar-refractivity contribution in [1.29, 1.82) is 0 Å². The molecular weight excluding hydrogens is 262 g/mol. The summed E-state index contributed by atoms with van der Waals surface area (Å²) >= 11 is 1.17. The number of carbonyl (C=O) groups is 1. The highest BCUT2D eigenvalue weighted by Crippen LogP contribution is 2.36. The average molecular weight is 273 g/mol. The summed E-state index contributed by atoms with van der Waals surface area (Å²) in [6, 6.07) is 4.69. The van der Waals surface area contributed by atoms with Crippen molar-refractivity contribution in [3.63, 3.8) is 0 Å². The lowest BCUT2D eigenvalue weighted by atomic mass is 10.3. The second-order valence-corrected chi connectivity index (χ2v) is 7.02. The first kappa shape index (κ1) is 12.3. The Bertz CT molecular complexity index is 568. The van der Waals surface area contributed by atoms with Gasteiger partial charge in [-0.05, 0) is 18.2 Å². The Morgan fingerprint density at radius 2 is 2.24 bits per heavy atom. The van der Waals surface area contributed by atoms with Crippen LogP contribution in [0.15, 0.2) is 28.0 Å². The summed E-state index contributed by atoms with van der Waals surface area (Å²) in [5, 5.41) is 11.3. The van der Waals surface area contributed by atoms with Gasteiger partial charge in [0.25, 0.3) is 0 Å². The monoisotopic (exact) mass is 273 g/mol. The van der Waals surface area contributed by atoms with Gasteiger partial charge in [-0.3, -0.25) is 4.79 Å². The van der Waals surface area contributed by atoms with E-state index in [9.17, 15) is 13.2 Å². The third kappa shape index (κ3) is 2.55. The van der Waals surface area contributed by atoms with Crippen LogP contribution >= 0.6 is 11.8 Å². The van der Waals surface area contributed by atoms with E-state index >= 15 is 0 Å². The summed E-state index contributed by atoms with van der Waals surface area (Å²) in [5.74, 6) is -0.905. The van der Waals surface area contributed by atoms with Gasteiger partial charge in [0.2, 0.25) is 0 Å². The summed E-state index contributed by atoms with van der Waals surface area (Å²) in [7, 11) is -3.26. The smallest absolute Gasteiger partial charge is 0.318 e. The first-order valence-electron chi connectivity index (χ1n) is 4.85. The maximum Gasteiger partial charge on any atom is 0.318 e. The molecule has 5 nitrogen and oxygen atoms in total. The molecule has 1 atom stereocenters. The average Bonchev–Trinajstić information content (AvgIpc) is 2.26. The molecule has 1 aromatic carbocycles. The molecule has 1 heterocycles. The van der Waals surface area contributed by atoms with Crippen LogP contribution in [-0.2, 0) is 14.6 Å². The molecule has 0 amide bonds. The number of hydrogen-bond donors (Lipinski definition) is 2. The number of carboxylic acid groups (broad SMARTS) is 1. The van der Waals surface area contributed by atoms with E-state index in [-0.39, 0.29) is 4.90 Å².